The van der Waals surface area contributed by atoms with Gasteiger partial charge in [-0.1, -0.05) is 50.2 Å². The topological polar surface area (TPSA) is 49.7 Å². The second-order valence-electron chi connectivity index (χ2n) is 4.43. The van der Waals surface area contributed by atoms with Gasteiger partial charge in [0, 0.05) is 0 Å². The van der Waals surface area contributed by atoms with Gasteiger partial charge in [-0.05, 0) is 48.2 Å². The largest absolute Gasteiger partial charge is 0.381 e. The molecule has 1 N–H and O–H groups in total. The van der Waals surface area contributed by atoms with Gasteiger partial charge in [-0.25, -0.2) is 0 Å². The van der Waals surface area contributed by atoms with Crippen molar-refractivity contribution in [2.24, 2.45) is 4.74 Å². The van der Waals surface area contributed by atoms with E-state index in [4.69, 9.17) is 45.0 Å². The van der Waals surface area contributed by atoms with Crippen LogP contribution in [0, 0.1) is 0 Å². The Kier molecular flexibility index (Phi) is 7.83. The van der Waals surface area contributed by atoms with Crippen molar-refractivity contribution in [1.82, 2.24) is 0 Å². The Morgan fingerprint density at radius 3 is 1.53 bits per heavy atom. The van der Waals surface area contributed by atoms with Gasteiger partial charge in [0.15, 0.2) is 5.76 Å². The summed E-state index contributed by atoms with van der Waals surface area (Å²) in [5, 5.41) is 7.98. The fourth-order valence-electron chi connectivity index (χ4n) is 1.77. The van der Waals surface area contributed by atoms with Crippen molar-refractivity contribution in [1.29, 1.82) is 0 Å². The highest BCUT2D eigenvalue weighted by atomic mass is 35.9. The minimum absolute atomic E-state index is 0.346. The normalized spacial score (nSPS) is 14.6. The van der Waals surface area contributed by atoms with E-state index in [0.717, 1.165) is 0 Å². The van der Waals surface area contributed by atoms with Crippen molar-refractivity contribution < 1.29 is 9.67 Å². The molecule has 19 heavy (non-hydrogen) atoms. The van der Waals surface area contributed by atoms with Gasteiger partial charge in [-0.2, -0.15) is 0 Å². The summed E-state index contributed by atoms with van der Waals surface area (Å²) < 4.78 is 16.5. The summed E-state index contributed by atoms with van der Waals surface area (Å²) in [6, 6.07) is 0. The summed E-state index contributed by atoms with van der Waals surface area (Å²) in [6.45, 7) is 7.10. The predicted octanol–water partition coefficient (Wildman–Crippen LogP) is 7.19. The average Bonchev–Trinajstić information content (AvgIpc) is 2.33. The van der Waals surface area contributed by atoms with Crippen molar-refractivity contribution >= 4 is 56.6 Å². The molecule has 0 unspecified atom stereocenters. The molecule has 0 rings (SSSR count). The molecular weight excluding hydrogens is 370 g/mol. The minimum Gasteiger partial charge on any atom is -0.381 e. The highest BCUT2D eigenvalue weighted by Crippen LogP contribution is 2.78. The smallest absolute Gasteiger partial charge is 0.279 e. The molecule has 0 bridgehead atoms. The number of hydrogen-bond donors (Lipinski definition) is 1. The molecule has 0 aromatic heterocycles. The van der Waals surface area contributed by atoms with E-state index in [0.29, 0.717) is 25.7 Å². The van der Waals surface area contributed by atoms with Gasteiger partial charge in [0.25, 0.3) is 5.85 Å². The molecular formula is C10H21Cl4NO2P2. The lowest BCUT2D eigenvalue weighted by Crippen LogP contribution is -2.26. The number of nitrogens with zero attached hydrogens (tertiary/aromatic N) is 1. The van der Waals surface area contributed by atoms with Crippen LogP contribution in [0.1, 0.15) is 53.4 Å². The van der Waals surface area contributed by atoms with Crippen molar-refractivity contribution in [3.63, 3.8) is 0 Å². The minimum atomic E-state index is -3.57. The third-order valence-electron chi connectivity index (χ3n) is 3.56. The Morgan fingerprint density at radius 1 is 0.947 bits per heavy atom. The van der Waals surface area contributed by atoms with Gasteiger partial charge in [0.1, 0.15) is 10.6 Å². The van der Waals surface area contributed by atoms with E-state index < -0.39 is 22.2 Å². The maximum Gasteiger partial charge on any atom is 0.279 e. The average molecular weight is 391 g/mol. The van der Waals surface area contributed by atoms with Crippen LogP contribution in [0.2, 0.25) is 0 Å². The fraction of sp³-hybridized carbons (Fsp3) is 1.00. The third-order valence-corrected chi connectivity index (χ3v) is 11.9. The van der Waals surface area contributed by atoms with Crippen LogP contribution in [0.5, 0.6) is 0 Å². The van der Waals surface area contributed by atoms with Crippen LogP contribution in [0.3, 0.4) is 0 Å². The van der Waals surface area contributed by atoms with E-state index in [-0.39, 0.29) is 0 Å². The van der Waals surface area contributed by atoms with Gasteiger partial charge in [0.2, 0.25) is 0 Å². The molecule has 0 aliphatic rings. The SMILES string of the molecule is CCC(CC)(N=P(Cl)(Cl)C(O)(CC)CC)P(=O)(Cl)Cl. The lowest BCUT2D eigenvalue weighted by molar-refractivity contribution is 0.123. The van der Waals surface area contributed by atoms with E-state index in [9.17, 15) is 9.67 Å². The molecule has 0 spiro atoms. The van der Waals surface area contributed by atoms with E-state index in [2.05, 4.69) is 4.74 Å². The Morgan fingerprint density at radius 2 is 1.32 bits per heavy atom. The van der Waals surface area contributed by atoms with Crippen molar-refractivity contribution in [3.05, 3.63) is 0 Å². The third kappa shape index (κ3) is 4.28. The van der Waals surface area contributed by atoms with Crippen LogP contribution in [0.15, 0.2) is 4.74 Å². The molecule has 0 aromatic rings. The molecule has 0 aliphatic heterocycles. The lowest BCUT2D eigenvalue weighted by Gasteiger charge is -2.36. The second-order valence-corrected chi connectivity index (χ2v) is 15.0. The summed E-state index contributed by atoms with van der Waals surface area (Å²) in [7, 11) is 0. The van der Waals surface area contributed by atoms with E-state index in [1.54, 1.807) is 27.7 Å². The van der Waals surface area contributed by atoms with Gasteiger partial charge in [0.05, 0.1) is 0 Å². The Hall–Kier alpha value is 1.58. The molecule has 0 aliphatic carbocycles. The van der Waals surface area contributed by atoms with Gasteiger partial charge in [-0.15, -0.1) is 0 Å². The number of hydrogen-bond acceptors (Lipinski definition) is 3. The quantitative estimate of drug-likeness (QED) is 0.467. The number of aliphatic hydroxyl groups is 1. The maximum atomic E-state index is 12.1. The maximum absolute atomic E-state index is 12.1. The molecule has 0 heterocycles. The monoisotopic (exact) mass is 389 g/mol. The molecule has 9 heteroatoms. The van der Waals surface area contributed by atoms with Gasteiger partial charge in [-0.3, -0.25) is 9.31 Å². The summed E-state index contributed by atoms with van der Waals surface area (Å²) in [5.74, 6) is -6.70. The van der Waals surface area contributed by atoms with Crippen LogP contribution in [0.4, 0.5) is 0 Å². The Labute approximate surface area is 134 Å². The standard InChI is InChI=1S/C10H21Cl4NO2P2/c1-5-9(6-2,19(13,14)17)15-18(11,12)10(16,7-3)8-4/h16H,5-8H2,1-4H3. The molecule has 0 aromatic carbocycles. The molecule has 116 valence electrons. The Balaban J connectivity index is 6.05. The molecule has 3 nitrogen and oxygen atoms in total. The zero-order valence-corrected chi connectivity index (χ0v) is 16.3. The van der Waals surface area contributed by atoms with E-state index >= 15 is 0 Å². The summed E-state index contributed by atoms with van der Waals surface area (Å²) in [5.41, 5.74) is 0. The first-order chi connectivity index (χ1) is 8.45. The highest BCUT2D eigenvalue weighted by Gasteiger charge is 2.48. The zero-order chi connectivity index (χ0) is 15.5. The zero-order valence-electron chi connectivity index (χ0n) is 11.5. The van der Waals surface area contributed by atoms with Crippen LogP contribution in [0.25, 0.3) is 0 Å². The first-order valence-corrected chi connectivity index (χ1v) is 13.3. The summed E-state index contributed by atoms with van der Waals surface area (Å²) in [6.07, 6.45) is 1.40. The first-order valence-electron chi connectivity index (χ1n) is 6.20. The van der Waals surface area contributed by atoms with Gasteiger partial charge >= 0.3 is 0 Å². The van der Waals surface area contributed by atoms with Crippen LogP contribution in [-0.2, 0) is 4.57 Å². The highest BCUT2D eigenvalue weighted by molar-refractivity contribution is 8.12. The molecule has 0 radical (unpaired) electrons. The molecule has 0 saturated heterocycles. The summed E-state index contributed by atoms with van der Waals surface area (Å²) >= 11 is 24.3. The lowest BCUT2D eigenvalue weighted by atomic mass is 10.2. The van der Waals surface area contributed by atoms with Crippen LogP contribution in [-0.4, -0.2) is 15.7 Å². The van der Waals surface area contributed by atoms with Crippen LogP contribution < -0.4 is 0 Å². The first kappa shape index (κ1) is 20.6. The predicted molar refractivity (Wildman–Crippen MR) is 89.2 cm³/mol. The van der Waals surface area contributed by atoms with Gasteiger partial charge < -0.3 is 5.11 Å². The number of halogens is 4. The van der Waals surface area contributed by atoms with Crippen molar-refractivity contribution in [2.75, 3.05) is 0 Å². The fourth-order valence-corrected chi connectivity index (χ4v) is 9.68. The van der Waals surface area contributed by atoms with Crippen molar-refractivity contribution in [2.45, 2.75) is 64.0 Å². The molecule has 0 amide bonds. The molecule has 0 atom stereocenters. The molecule has 0 fully saturated rings. The van der Waals surface area contributed by atoms with E-state index in [1.165, 1.54) is 0 Å². The molecule has 0 saturated carbocycles. The van der Waals surface area contributed by atoms with Crippen molar-refractivity contribution in [3.8, 4) is 0 Å². The number of rotatable bonds is 7. The van der Waals surface area contributed by atoms with E-state index in [1.807, 2.05) is 0 Å². The Bertz CT molecular complexity index is 396. The second kappa shape index (κ2) is 7.23. The summed E-state index contributed by atoms with van der Waals surface area (Å²) in [4.78, 5) is 0. The van der Waals surface area contributed by atoms with Crippen LogP contribution >= 0.6 is 56.6 Å².